The summed E-state index contributed by atoms with van der Waals surface area (Å²) in [4.78, 5) is 26.6. The van der Waals surface area contributed by atoms with Gasteiger partial charge in [0.25, 0.3) is 0 Å². The lowest BCUT2D eigenvalue weighted by Crippen LogP contribution is -2.42. The van der Waals surface area contributed by atoms with E-state index in [-0.39, 0.29) is 23.7 Å². The Labute approximate surface area is 158 Å². The van der Waals surface area contributed by atoms with E-state index in [0.29, 0.717) is 44.2 Å². The summed E-state index contributed by atoms with van der Waals surface area (Å²) < 4.78 is 11.0. The molecule has 2 aromatic rings. The summed E-state index contributed by atoms with van der Waals surface area (Å²) in [5.41, 5.74) is 0.699. The predicted octanol–water partition coefficient (Wildman–Crippen LogP) is 2.91. The molecule has 1 saturated heterocycles. The Morgan fingerprint density at radius 2 is 1.59 bits per heavy atom. The molecule has 1 heterocycles. The molecule has 1 N–H and O–H groups in total. The average Bonchev–Trinajstić information content (AvgIpc) is 3.51. The monoisotopic (exact) mass is 366 g/mol. The lowest BCUT2D eigenvalue weighted by atomic mass is 10.2. The van der Waals surface area contributed by atoms with Crippen molar-refractivity contribution in [1.82, 2.24) is 4.90 Å². The molecule has 2 aliphatic rings. The Balaban J connectivity index is 1.29. The van der Waals surface area contributed by atoms with Crippen molar-refractivity contribution in [2.45, 2.75) is 6.42 Å². The summed E-state index contributed by atoms with van der Waals surface area (Å²) in [6.45, 7) is 2.39. The Kier molecular flexibility index (Phi) is 5.07. The first-order chi connectivity index (χ1) is 13.2. The van der Waals surface area contributed by atoms with Crippen LogP contribution in [-0.4, -0.2) is 43.0 Å². The number of para-hydroxylation sites is 1. The topological polar surface area (TPSA) is 67.9 Å². The molecule has 2 amide bonds. The van der Waals surface area contributed by atoms with Crippen molar-refractivity contribution in [2.75, 3.05) is 31.6 Å². The van der Waals surface area contributed by atoms with E-state index in [1.165, 1.54) is 0 Å². The van der Waals surface area contributed by atoms with Crippen LogP contribution >= 0.6 is 0 Å². The fourth-order valence-corrected chi connectivity index (χ4v) is 3.24. The van der Waals surface area contributed by atoms with Gasteiger partial charge in [-0.2, -0.15) is 0 Å². The molecule has 2 fully saturated rings. The van der Waals surface area contributed by atoms with Gasteiger partial charge in [0, 0.05) is 18.8 Å². The Morgan fingerprint density at radius 1 is 0.926 bits per heavy atom. The van der Waals surface area contributed by atoms with Gasteiger partial charge in [0.15, 0.2) is 0 Å². The van der Waals surface area contributed by atoms with E-state index >= 15 is 0 Å². The zero-order valence-corrected chi connectivity index (χ0v) is 15.0. The number of rotatable bonds is 5. The first-order valence-electron chi connectivity index (χ1n) is 9.21. The predicted molar refractivity (Wildman–Crippen MR) is 101 cm³/mol. The van der Waals surface area contributed by atoms with Crippen LogP contribution in [0.2, 0.25) is 0 Å². The van der Waals surface area contributed by atoms with E-state index in [0.717, 1.165) is 5.75 Å². The minimum Gasteiger partial charge on any atom is -0.457 e. The number of morpholine rings is 1. The third-order valence-electron chi connectivity index (χ3n) is 4.87. The number of nitrogens with zero attached hydrogens (tertiary/aromatic N) is 1. The number of ether oxygens (including phenoxy) is 2. The molecule has 1 saturated carbocycles. The van der Waals surface area contributed by atoms with Crippen molar-refractivity contribution in [3.8, 4) is 11.5 Å². The number of hydrogen-bond acceptors (Lipinski definition) is 4. The van der Waals surface area contributed by atoms with Gasteiger partial charge in [0.05, 0.1) is 25.0 Å². The summed E-state index contributed by atoms with van der Waals surface area (Å²) in [5, 5.41) is 2.89. The van der Waals surface area contributed by atoms with Crippen molar-refractivity contribution in [3.05, 3.63) is 54.6 Å². The van der Waals surface area contributed by atoms with Crippen molar-refractivity contribution in [1.29, 1.82) is 0 Å². The van der Waals surface area contributed by atoms with Crippen LogP contribution in [0.15, 0.2) is 54.6 Å². The maximum Gasteiger partial charge on any atom is 0.228 e. The van der Waals surface area contributed by atoms with E-state index in [1.807, 2.05) is 42.5 Å². The smallest absolute Gasteiger partial charge is 0.228 e. The maximum absolute atomic E-state index is 12.4. The first-order valence-corrected chi connectivity index (χ1v) is 9.21. The van der Waals surface area contributed by atoms with Gasteiger partial charge in [-0.15, -0.1) is 0 Å². The molecule has 2 atom stereocenters. The molecule has 2 aromatic carbocycles. The second-order valence-corrected chi connectivity index (χ2v) is 6.82. The summed E-state index contributed by atoms with van der Waals surface area (Å²) in [7, 11) is 0. The minimum atomic E-state index is -0.236. The van der Waals surface area contributed by atoms with E-state index in [9.17, 15) is 9.59 Å². The normalized spacial score (nSPS) is 21.4. The molecular weight excluding hydrogens is 344 g/mol. The van der Waals surface area contributed by atoms with Crippen LogP contribution in [0.4, 0.5) is 5.69 Å². The number of carbonyl (C=O) groups is 2. The van der Waals surface area contributed by atoms with Crippen molar-refractivity contribution in [2.24, 2.45) is 11.8 Å². The molecular formula is C21H22N2O4. The standard InChI is InChI=1S/C21H22N2O4/c24-20(18-14-19(18)21(25)23-10-12-26-13-11-23)22-15-6-8-17(9-7-15)27-16-4-2-1-3-5-16/h1-9,18-19H,10-14H2,(H,22,24). The molecule has 0 bridgehead atoms. The molecule has 6 nitrogen and oxygen atoms in total. The Hall–Kier alpha value is -2.86. The molecule has 1 aliphatic heterocycles. The van der Waals surface area contributed by atoms with Gasteiger partial charge in [-0.1, -0.05) is 18.2 Å². The maximum atomic E-state index is 12.4. The van der Waals surface area contributed by atoms with Gasteiger partial charge in [-0.3, -0.25) is 9.59 Å². The molecule has 1 aliphatic carbocycles. The minimum absolute atomic E-state index is 0.0741. The summed E-state index contributed by atoms with van der Waals surface area (Å²) in [6, 6.07) is 16.7. The van der Waals surface area contributed by atoms with Crippen LogP contribution in [0.25, 0.3) is 0 Å². The Bertz CT molecular complexity index is 801. The van der Waals surface area contributed by atoms with Crippen LogP contribution in [0, 0.1) is 11.8 Å². The lowest BCUT2D eigenvalue weighted by Gasteiger charge is -2.27. The van der Waals surface area contributed by atoms with Gasteiger partial charge in [0.1, 0.15) is 11.5 Å². The van der Waals surface area contributed by atoms with Crippen LogP contribution in [0.3, 0.4) is 0 Å². The highest BCUT2D eigenvalue weighted by Gasteiger charge is 2.49. The third-order valence-corrected chi connectivity index (χ3v) is 4.87. The molecule has 6 heteroatoms. The zero-order valence-electron chi connectivity index (χ0n) is 15.0. The van der Waals surface area contributed by atoms with E-state index < -0.39 is 0 Å². The highest BCUT2D eigenvalue weighted by molar-refractivity contribution is 5.99. The van der Waals surface area contributed by atoms with Gasteiger partial charge in [0.2, 0.25) is 11.8 Å². The van der Waals surface area contributed by atoms with Gasteiger partial charge in [-0.05, 0) is 42.8 Å². The largest absolute Gasteiger partial charge is 0.457 e. The van der Waals surface area contributed by atoms with E-state index in [1.54, 1.807) is 17.0 Å². The number of anilines is 1. The molecule has 0 radical (unpaired) electrons. The quantitative estimate of drug-likeness (QED) is 0.884. The summed E-state index contributed by atoms with van der Waals surface area (Å²) in [5.74, 6) is 1.01. The molecule has 140 valence electrons. The number of benzene rings is 2. The highest BCUT2D eigenvalue weighted by atomic mass is 16.5. The van der Waals surface area contributed by atoms with E-state index in [4.69, 9.17) is 9.47 Å². The second-order valence-electron chi connectivity index (χ2n) is 6.82. The molecule has 2 unspecified atom stereocenters. The molecule has 0 spiro atoms. The lowest BCUT2D eigenvalue weighted by molar-refractivity contribution is -0.137. The van der Waals surface area contributed by atoms with Crippen molar-refractivity contribution in [3.63, 3.8) is 0 Å². The molecule has 4 rings (SSSR count). The average molecular weight is 366 g/mol. The van der Waals surface area contributed by atoms with Crippen LogP contribution < -0.4 is 10.1 Å². The number of hydrogen-bond donors (Lipinski definition) is 1. The Morgan fingerprint density at radius 3 is 2.30 bits per heavy atom. The zero-order chi connectivity index (χ0) is 18.6. The van der Waals surface area contributed by atoms with Crippen LogP contribution in [0.1, 0.15) is 6.42 Å². The van der Waals surface area contributed by atoms with E-state index in [2.05, 4.69) is 5.32 Å². The second kappa shape index (κ2) is 7.80. The summed E-state index contributed by atoms with van der Waals surface area (Å²) >= 11 is 0. The van der Waals surface area contributed by atoms with Crippen LogP contribution in [-0.2, 0) is 14.3 Å². The highest BCUT2D eigenvalue weighted by Crippen LogP contribution is 2.41. The fraction of sp³-hybridized carbons (Fsp3) is 0.333. The van der Waals surface area contributed by atoms with Crippen LogP contribution in [0.5, 0.6) is 11.5 Å². The number of nitrogens with one attached hydrogen (secondary N) is 1. The van der Waals surface area contributed by atoms with Crippen molar-refractivity contribution >= 4 is 17.5 Å². The van der Waals surface area contributed by atoms with Crippen molar-refractivity contribution < 1.29 is 19.1 Å². The number of carbonyl (C=O) groups excluding carboxylic acids is 2. The summed E-state index contributed by atoms with van der Waals surface area (Å²) in [6.07, 6.45) is 0.622. The van der Waals surface area contributed by atoms with Gasteiger partial charge < -0.3 is 19.7 Å². The fourth-order valence-electron chi connectivity index (χ4n) is 3.24. The molecule has 0 aromatic heterocycles. The SMILES string of the molecule is O=C(Nc1ccc(Oc2ccccc2)cc1)C1CC1C(=O)N1CCOCC1. The van der Waals surface area contributed by atoms with Gasteiger partial charge in [-0.25, -0.2) is 0 Å². The number of amides is 2. The molecule has 27 heavy (non-hydrogen) atoms. The third kappa shape index (κ3) is 4.28. The first kappa shape index (κ1) is 17.5. The van der Waals surface area contributed by atoms with Gasteiger partial charge >= 0.3 is 0 Å².